The number of aromatic nitrogens is 2. The van der Waals surface area contributed by atoms with Gasteiger partial charge in [0.2, 0.25) is 5.91 Å². The highest BCUT2D eigenvalue weighted by Crippen LogP contribution is 2.22. The maximum absolute atomic E-state index is 13.1. The Balaban J connectivity index is 1.69. The molecular formula is C19H15Cl2FN4O. The average Bonchev–Trinajstić information content (AvgIpc) is 2.92. The fourth-order valence-electron chi connectivity index (χ4n) is 2.41. The first-order valence-corrected chi connectivity index (χ1v) is 8.77. The van der Waals surface area contributed by atoms with Crippen LogP contribution in [0.5, 0.6) is 0 Å². The van der Waals surface area contributed by atoms with Crippen LogP contribution in [0.2, 0.25) is 10.2 Å². The summed E-state index contributed by atoms with van der Waals surface area (Å²) in [6.45, 7) is 1.77. The van der Waals surface area contributed by atoms with Gasteiger partial charge >= 0.3 is 0 Å². The van der Waals surface area contributed by atoms with Gasteiger partial charge in [-0.05, 0) is 48.9 Å². The Kier molecular flexibility index (Phi) is 5.88. The quantitative estimate of drug-likeness (QED) is 0.508. The van der Waals surface area contributed by atoms with Crippen LogP contribution in [0.1, 0.15) is 16.8 Å². The van der Waals surface area contributed by atoms with Crippen LogP contribution in [0.25, 0.3) is 5.69 Å². The van der Waals surface area contributed by atoms with Gasteiger partial charge in [0.1, 0.15) is 11.0 Å². The van der Waals surface area contributed by atoms with Gasteiger partial charge in [0.15, 0.2) is 0 Å². The molecule has 1 heterocycles. The third kappa shape index (κ3) is 4.72. The second kappa shape index (κ2) is 8.33. The summed E-state index contributed by atoms with van der Waals surface area (Å²) in [5.74, 6) is -0.614. The van der Waals surface area contributed by atoms with Crippen LogP contribution in [-0.2, 0) is 11.2 Å². The molecule has 0 radical (unpaired) electrons. The van der Waals surface area contributed by atoms with E-state index in [0.717, 1.165) is 5.56 Å². The van der Waals surface area contributed by atoms with Gasteiger partial charge in [0, 0.05) is 5.02 Å². The first kappa shape index (κ1) is 19.1. The Hall–Kier alpha value is -2.70. The van der Waals surface area contributed by atoms with Gasteiger partial charge in [-0.25, -0.2) is 14.5 Å². The fourth-order valence-corrected chi connectivity index (χ4v) is 2.85. The van der Waals surface area contributed by atoms with Crippen LogP contribution >= 0.6 is 23.2 Å². The number of halogens is 3. The molecule has 0 spiro atoms. The fraction of sp³-hybridized carbons (Fsp3) is 0.105. The highest BCUT2D eigenvalue weighted by Gasteiger charge is 2.13. The van der Waals surface area contributed by atoms with Crippen LogP contribution < -0.4 is 5.43 Å². The molecule has 1 N–H and O–H groups in total. The number of hydrazone groups is 1. The lowest BCUT2D eigenvalue weighted by molar-refractivity contribution is -0.120. The normalized spacial score (nSPS) is 11.1. The summed E-state index contributed by atoms with van der Waals surface area (Å²) in [7, 11) is 0. The number of hydrogen-bond acceptors (Lipinski definition) is 3. The number of aryl methyl sites for hydroxylation is 1. The molecule has 2 aromatic carbocycles. The van der Waals surface area contributed by atoms with Gasteiger partial charge in [-0.3, -0.25) is 4.79 Å². The van der Waals surface area contributed by atoms with Gasteiger partial charge in [-0.1, -0.05) is 35.3 Å². The van der Waals surface area contributed by atoms with E-state index in [1.165, 1.54) is 23.0 Å². The maximum atomic E-state index is 13.1. The molecule has 1 aromatic heterocycles. The predicted octanol–water partition coefficient (Wildman–Crippen LogP) is 4.32. The Morgan fingerprint density at radius 1 is 1.19 bits per heavy atom. The SMILES string of the molecule is Cc1nn(-c2ccc(F)cc2)c(Cl)c1/C=N/NC(=O)Cc1ccc(Cl)cc1. The molecule has 3 rings (SSSR count). The molecule has 27 heavy (non-hydrogen) atoms. The molecule has 0 aliphatic carbocycles. The average molecular weight is 405 g/mol. The minimum absolute atomic E-state index is 0.177. The van der Waals surface area contributed by atoms with Crippen LogP contribution in [0, 0.1) is 12.7 Å². The molecule has 0 fully saturated rings. The van der Waals surface area contributed by atoms with Crippen molar-refractivity contribution in [1.82, 2.24) is 15.2 Å². The molecule has 138 valence electrons. The number of amides is 1. The number of rotatable bonds is 5. The van der Waals surface area contributed by atoms with Crippen molar-refractivity contribution in [2.75, 3.05) is 0 Å². The number of benzene rings is 2. The summed E-state index contributed by atoms with van der Waals surface area (Å²) in [5, 5.41) is 9.21. The molecule has 1 amide bonds. The second-order valence-electron chi connectivity index (χ2n) is 5.77. The monoisotopic (exact) mass is 404 g/mol. The molecule has 0 unspecified atom stereocenters. The maximum Gasteiger partial charge on any atom is 0.244 e. The van der Waals surface area contributed by atoms with Crippen molar-refractivity contribution in [1.29, 1.82) is 0 Å². The number of carbonyl (C=O) groups excluding carboxylic acids is 1. The number of nitrogens with one attached hydrogen (secondary N) is 1. The first-order valence-electron chi connectivity index (χ1n) is 8.01. The molecule has 3 aromatic rings. The van der Waals surface area contributed by atoms with Crippen molar-refractivity contribution in [3.05, 3.63) is 81.3 Å². The van der Waals surface area contributed by atoms with Gasteiger partial charge in [-0.2, -0.15) is 10.2 Å². The van der Waals surface area contributed by atoms with E-state index in [2.05, 4.69) is 15.6 Å². The lowest BCUT2D eigenvalue weighted by Crippen LogP contribution is -2.19. The Morgan fingerprint density at radius 2 is 1.85 bits per heavy atom. The number of nitrogens with zero attached hydrogens (tertiary/aromatic N) is 3. The van der Waals surface area contributed by atoms with E-state index in [-0.39, 0.29) is 18.1 Å². The van der Waals surface area contributed by atoms with Gasteiger partial charge in [0.25, 0.3) is 0 Å². The molecule has 0 bridgehead atoms. The number of carbonyl (C=O) groups is 1. The van der Waals surface area contributed by atoms with Crippen molar-refractivity contribution < 1.29 is 9.18 Å². The molecule has 0 saturated heterocycles. The van der Waals surface area contributed by atoms with E-state index in [1.54, 1.807) is 43.3 Å². The smallest absolute Gasteiger partial charge is 0.244 e. The van der Waals surface area contributed by atoms with Crippen LogP contribution in [-0.4, -0.2) is 21.9 Å². The molecule has 5 nitrogen and oxygen atoms in total. The lowest BCUT2D eigenvalue weighted by Gasteiger charge is -2.02. The summed E-state index contributed by atoms with van der Waals surface area (Å²) < 4.78 is 14.6. The zero-order chi connectivity index (χ0) is 19.4. The molecule has 0 aliphatic heterocycles. The van der Waals surface area contributed by atoms with E-state index in [1.807, 2.05) is 0 Å². The van der Waals surface area contributed by atoms with E-state index < -0.39 is 0 Å². The summed E-state index contributed by atoms with van der Waals surface area (Å²) in [4.78, 5) is 12.0. The Bertz CT molecular complexity index is 982. The van der Waals surface area contributed by atoms with Crippen molar-refractivity contribution in [2.45, 2.75) is 13.3 Å². The molecular weight excluding hydrogens is 390 g/mol. The third-order valence-electron chi connectivity index (χ3n) is 3.78. The Morgan fingerprint density at radius 3 is 2.52 bits per heavy atom. The minimum Gasteiger partial charge on any atom is -0.273 e. The van der Waals surface area contributed by atoms with Crippen LogP contribution in [0.15, 0.2) is 53.6 Å². The van der Waals surface area contributed by atoms with Crippen molar-refractivity contribution in [3.8, 4) is 5.69 Å². The second-order valence-corrected chi connectivity index (χ2v) is 6.57. The molecule has 8 heteroatoms. The topological polar surface area (TPSA) is 59.3 Å². The zero-order valence-corrected chi connectivity index (χ0v) is 15.8. The summed E-state index contributed by atoms with van der Waals surface area (Å²) in [6, 6.07) is 12.8. The largest absolute Gasteiger partial charge is 0.273 e. The molecule has 0 atom stereocenters. The summed E-state index contributed by atoms with van der Waals surface area (Å²) in [6.07, 6.45) is 1.61. The van der Waals surface area contributed by atoms with Gasteiger partial charge in [0.05, 0.1) is 29.6 Å². The van der Waals surface area contributed by atoms with E-state index in [9.17, 15) is 9.18 Å². The van der Waals surface area contributed by atoms with E-state index in [4.69, 9.17) is 23.2 Å². The van der Waals surface area contributed by atoms with Crippen molar-refractivity contribution >= 4 is 35.3 Å². The van der Waals surface area contributed by atoms with Gasteiger partial charge < -0.3 is 0 Å². The van der Waals surface area contributed by atoms with Gasteiger partial charge in [-0.15, -0.1) is 0 Å². The predicted molar refractivity (Wildman–Crippen MR) is 104 cm³/mol. The highest BCUT2D eigenvalue weighted by atomic mass is 35.5. The lowest BCUT2D eigenvalue weighted by atomic mass is 10.1. The third-order valence-corrected chi connectivity index (χ3v) is 4.40. The zero-order valence-electron chi connectivity index (χ0n) is 14.3. The minimum atomic E-state index is -0.344. The molecule has 0 aliphatic rings. The molecule has 0 saturated carbocycles. The van der Waals surface area contributed by atoms with Crippen LogP contribution in [0.3, 0.4) is 0 Å². The summed E-state index contributed by atoms with van der Waals surface area (Å²) >= 11 is 12.2. The van der Waals surface area contributed by atoms with E-state index >= 15 is 0 Å². The highest BCUT2D eigenvalue weighted by molar-refractivity contribution is 6.32. The van der Waals surface area contributed by atoms with Crippen molar-refractivity contribution in [3.63, 3.8) is 0 Å². The van der Waals surface area contributed by atoms with Crippen LogP contribution in [0.4, 0.5) is 4.39 Å². The summed E-state index contributed by atoms with van der Waals surface area (Å²) in [5.41, 5.74) is 5.09. The van der Waals surface area contributed by atoms with Crippen molar-refractivity contribution in [2.24, 2.45) is 5.10 Å². The first-order chi connectivity index (χ1) is 12.9. The Labute approximate surface area is 165 Å². The van der Waals surface area contributed by atoms with E-state index in [0.29, 0.717) is 27.1 Å². The standard InChI is InChI=1S/C19H15Cl2FN4O/c1-12-17(19(21)26(25-12)16-8-6-15(22)7-9-16)11-23-24-18(27)10-13-2-4-14(20)5-3-13/h2-9,11H,10H2,1H3,(H,24,27)/b23-11+. The number of hydrogen-bond donors (Lipinski definition) is 1.